The predicted octanol–water partition coefficient (Wildman–Crippen LogP) is 6.70. The Bertz CT molecular complexity index is 857. The van der Waals surface area contributed by atoms with Gasteiger partial charge >= 0.3 is 11.9 Å². The minimum Gasteiger partial charge on any atom is -0.502 e. The van der Waals surface area contributed by atoms with Crippen LogP contribution in [-0.4, -0.2) is 41.5 Å². The number of carbonyl (C=O) groups is 2. The van der Waals surface area contributed by atoms with Gasteiger partial charge in [0, 0.05) is 5.56 Å². The number of carboxylic acid groups (broad SMARTS) is 2. The molecule has 0 heterocycles. The number of aliphatic carboxylic acids is 2. The van der Waals surface area contributed by atoms with Gasteiger partial charge in [-0.2, -0.15) is 0 Å². The predicted molar refractivity (Wildman–Crippen MR) is 138 cm³/mol. The highest BCUT2D eigenvalue weighted by Crippen LogP contribution is 2.46. The summed E-state index contributed by atoms with van der Waals surface area (Å²) in [5.41, 5.74) is 0.720. The van der Waals surface area contributed by atoms with Crippen LogP contribution in [0.5, 0.6) is 17.2 Å². The summed E-state index contributed by atoms with van der Waals surface area (Å²) < 4.78 is 11.0. The number of benzene rings is 1. The van der Waals surface area contributed by atoms with Crippen LogP contribution in [0.15, 0.2) is 11.6 Å². The molecule has 7 heteroatoms. The van der Waals surface area contributed by atoms with Gasteiger partial charge in [-0.15, -0.1) is 0 Å². The molecule has 0 fully saturated rings. The zero-order valence-corrected chi connectivity index (χ0v) is 22.3. The average molecular weight is 493 g/mol. The van der Waals surface area contributed by atoms with Crippen molar-refractivity contribution in [3.8, 4) is 17.2 Å². The second-order valence-corrected chi connectivity index (χ2v) is 9.19. The molecule has 35 heavy (non-hydrogen) atoms. The summed E-state index contributed by atoms with van der Waals surface area (Å²) in [6.07, 6.45) is 8.46. The maximum absolute atomic E-state index is 12.2. The molecular formula is C28H44O7. The van der Waals surface area contributed by atoms with E-state index in [0.717, 1.165) is 51.4 Å². The molecule has 3 N–H and O–H groups in total. The molecule has 0 bridgehead atoms. The summed E-state index contributed by atoms with van der Waals surface area (Å²) in [6.45, 7) is 8.37. The summed E-state index contributed by atoms with van der Waals surface area (Å²) in [5.74, 6) is -2.39. The van der Waals surface area contributed by atoms with E-state index in [1.54, 1.807) is 6.07 Å². The van der Waals surface area contributed by atoms with Crippen molar-refractivity contribution in [2.24, 2.45) is 11.8 Å². The van der Waals surface area contributed by atoms with E-state index in [1.165, 1.54) is 14.2 Å². The maximum atomic E-state index is 12.2. The summed E-state index contributed by atoms with van der Waals surface area (Å²) in [6, 6.07) is 1.58. The largest absolute Gasteiger partial charge is 0.502 e. The van der Waals surface area contributed by atoms with Crippen molar-refractivity contribution in [2.45, 2.75) is 91.9 Å². The lowest BCUT2D eigenvalue weighted by molar-refractivity contribution is -0.140. The van der Waals surface area contributed by atoms with Crippen LogP contribution in [0.25, 0.3) is 5.57 Å². The molecule has 0 aromatic heterocycles. The number of rotatable bonds is 17. The number of hydrogen-bond donors (Lipinski definition) is 3. The van der Waals surface area contributed by atoms with Crippen LogP contribution < -0.4 is 9.47 Å². The Labute approximate surface area is 210 Å². The Morgan fingerprint density at radius 2 is 1.43 bits per heavy atom. The van der Waals surface area contributed by atoms with E-state index in [9.17, 15) is 24.9 Å². The fraction of sp³-hybridized carbons (Fsp3) is 0.643. The fourth-order valence-corrected chi connectivity index (χ4v) is 4.67. The van der Waals surface area contributed by atoms with Gasteiger partial charge in [-0.3, -0.25) is 0 Å². The lowest BCUT2D eigenvalue weighted by Gasteiger charge is -2.25. The van der Waals surface area contributed by atoms with Gasteiger partial charge in [0.25, 0.3) is 0 Å². The second kappa shape index (κ2) is 15.3. The van der Waals surface area contributed by atoms with Crippen LogP contribution in [0, 0.1) is 11.8 Å². The molecule has 0 amide bonds. The van der Waals surface area contributed by atoms with E-state index in [4.69, 9.17) is 9.47 Å². The Morgan fingerprint density at radius 3 is 1.86 bits per heavy atom. The van der Waals surface area contributed by atoms with E-state index < -0.39 is 17.5 Å². The fourth-order valence-electron chi connectivity index (χ4n) is 4.67. The highest BCUT2D eigenvalue weighted by atomic mass is 16.5. The zero-order valence-electron chi connectivity index (χ0n) is 22.3. The van der Waals surface area contributed by atoms with Crippen LogP contribution in [0.2, 0.25) is 0 Å². The van der Waals surface area contributed by atoms with Gasteiger partial charge in [-0.25, -0.2) is 9.59 Å². The molecule has 1 aromatic carbocycles. The first-order valence-corrected chi connectivity index (χ1v) is 12.9. The maximum Gasteiger partial charge on any atom is 0.343 e. The smallest absolute Gasteiger partial charge is 0.343 e. The molecule has 0 saturated heterocycles. The van der Waals surface area contributed by atoms with E-state index in [-0.39, 0.29) is 34.7 Å². The minimum atomic E-state index is -1.48. The Morgan fingerprint density at radius 1 is 0.886 bits per heavy atom. The average Bonchev–Trinajstić information content (AvgIpc) is 2.83. The molecule has 0 saturated carbocycles. The van der Waals surface area contributed by atoms with E-state index in [0.29, 0.717) is 24.0 Å². The van der Waals surface area contributed by atoms with Gasteiger partial charge in [0.15, 0.2) is 11.5 Å². The lowest BCUT2D eigenvalue weighted by Crippen LogP contribution is -2.17. The van der Waals surface area contributed by atoms with Crippen LogP contribution in [-0.2, 0) is 16.0 Å². The summed E-state index contributed by atoms with van der Waals surface area (Å²) in [5, 5.41) is 30.7. The van der Waals surface area contributed by atoms with Crippen molar-refractivity contribution < 1.29 is 34.4 Å². The molecule has 2 atom stereocenters. The van der Waals surface area contributed by atoms with Crippen LogP contribution in [0.4, 0.5) is 0 Å². The molecule has 0 spiro atoms. The summed E-state index contributed by atoms with van der Waals surface area (Å²) in [4.78, 5) is 24.4. The van der Waals surface area contributed by atoms with Gasteiger partial charge in [0.05, 0.1) is 14.2 Å². The van der Waals surface area contributed by atoms with E-state index in [1.807, 2.05) is 6.92 Å². The molecule has 7 nitrogen and oxygen atoms in total. The van der Waals surface area contributed by atoms with Crippen LogP contribution in [0.1, 0.15) is 96.6 Å². The number of hydrogen-bond acceptors (Lipinski definition) is 5. The number of phenols is 1. The number of allylic oxidation sites excluding steroid dienone is 1. The third kappa shape index (κ3) is 8.18. The summed E-state index contributed by atoms with van der Waals surface area (Å²) in [7, 11) is 2.85. The quantitative estimate of drug-likeness (QED) is 0.126. The number of ether oxygens (including phenoxy) is 2. The van der Waals surface area contributed by atoms with Crippen LogP contribution in [0.3, 0.4) is 0 Å². The number of phenolic OH excluding ortho intramolecular Hbond substituents is 1. The third-order valence-corrected chi connectivity index (χ3v) is 6.87. The first-order valence-electron chi connectivity index (χ1n) is 12.9. The second-order valence-electron chi connectivity index (χ2n) is 9.19. The molecule has 1 aromatic rings. The third-order valence-electron chi connectivity index (χ3n) is 6.87. The number of unbranched alkanes of at least 4 members (excludes halogenated alkanes) is 2. The van der Waals surface area contributed by atoms with E-state index >= 15 is 0 Å². The lowest BCUT2D eigenvalue weighted by atomic mass is 9.81. The topological polar surface area (TPSA) is 113 Å². The molecule has 0 aliphatic carbocycles. The molecule has 0 aliphatic heterocycles. The van der Waals surface area contributed by atoms with Crippen molar-refractivity contribution in [2.75, 3.05) is 14.2 Å². The molecule has 1 rings (SSSR count). The van der Waals surface area contributed by atoms with Crippen LogP contribution >= 0.6 is 0 Å². The number of methoxy groups -OCH3 is 2. The first kappa shape index (κ1) is 30.3. The van der Waals surface area contributed by atoms with Crippen molar-refractivity contribution in [3.63, 3.8) is 0 Å². The molecule has 2 unspecified atom stereocenters. The van der Waals surface area contributed by atoms with E-state index in [2.05, 4.69) is 20.8 Å². The number of aromatic hydroxyl groups is 1. The molecule has 0 radical (unpaired) electrons. The van der Waals surface area contributed by atoms with Gasteiger partial charge in [0.2, 0.25) is 5.75 Å². The molecular weight excluding hydrogens is 448 g/mol. The van der Waals surface area contributed by atoms with Gasteiger partial charge < -0.3 is 24.8 Å². The van der Waals surface area contributed by atoms with Gasteiger partial charge in [0.1, 0.15) is 5.57 Å². The Hall–Kier alpha value is -2.70. The van der Waals surface area contributed by atoms with Gasteiger partial charge in [-0.05, 0) is 41.9 Å². The molecule has 0 aliphatic rings. The summed E-state index contributed by atoms with van der Waals surface area (Å²) >= 11 is 0. The van der Waals surface area contributed by atoms with Crippen molar-refractivity contribution in [1.29, 1.82) is 0 Å². The number of carboxylic acids is 2. The van der Waals surface area contributed by atoms with Crippen molar-refractivity contribution in [3.05, 3.63) is 22.8 Å². The standard InChI is InChI=1S/C28H44O7/c1-7-11-13-18(9-3)15-21(24(27(30)31)28(32)33)20-17-23(34-5)25(29)26(35-6)22(20)16-19(10-4)14-12-8-2/h17-19,29H,7-16H2,1-6H3,(H,30,31)(H,32,33). The Balaban J connectivity index is 3.96. The normalized spacial score (nSPS) is 12.6. The minimum absolute atomic E-state index is 0.122. The monoisotopic (exact) mass is 492 g/mol. The molecule has 198 valence electrons. The highest BCUT2D eigenvalue weighted by Gasteiger charge is 2.30. The zero-order chi connectivity index (χ0) is 26.5. The highest BCUT2D eigenvalue weighted by molar-refractivity contribution is 6.19. The van der Waals surface area contributed by atoms with Crippen molar-refractivity contribution in [1.82, 2.24) is 0 Å². The van der Waals surface area contributed by atoms with Gasteiger partial charge in [-0.1, -0.05) is 79.1 Å². The first-order chi connectivity index (χ1) is 16.7. The SMILES string of the molecule is CCCCC(CC)CC(=C(C(=O)O)C(=O)O)c1cc(OC)c(O)c(OC)c1CC(CC)CCCC. The van der Waals surface area contributed by atoms with Crippen molar-refractivity contribution >= 4 is 17.5 Å². The Kier molecular flexibility index (Phi) is 13.3.